The molecule has 1 atom stereocenters. The zero-order valence-corrected chi connectivity index (χ0v) is 18.7. The van der Waals surface area contributed by atoms with Gasteiger partial charge in [0.15, 0.2) is 0 Å². The van der Waals surface area contributed by atoms with Gasteiger partial charge in [0.25, 0.3) is 0 Å². The number of hydrogen-bond acceptors (Lipinski definition) is 7. The lowest BCUT2D eigenvalue weighted by Gasteiger charge is -2.20. The van der Waals surface area contributed by atoms with Crippen LogP contribution in [0.25, 0.3) is 0 Å². The standard InChI is InChI=1S/C21H22INO7/c1-14(2)18(23-20(25)27-12-15-7-4-3-5-8-15)19(24)29-16-9-6-10-17(11-16)30-21(26)28-13-22/h3-11,14,18H,12-13H2,1-2H3,(H,23,25). The maximum absolute atomic E-state index is 12.6. The summed E-state index contributed by atoms with van der Waals surface area (Å²) < 4.78 is 20.3. The van der Waals surface area contributed by atoms with Crippen molar-refractivity contribution in [3.8, 4) is 11.5 Å². The third-order valence-corrected chi connectivity index (χ3v) is 4.12. The SMILES string of the molecule is CC(C)C(NC(=O)OCc1ccccc1)C(=O)Oc1cccc(OC(=O)OCI)c1. The van der Waals surface area contributed by atoms with Gasteiger partial charge < -0.3 is 24.3 Å². The second kappa shape index (κ2) is 12.0. The first kappa shape index (κ1) is 23.5. The summed E-state index contributed by atoms with van der Waals surface area (Å²) in [5, 5.41) is 2.53. The second-order valence-electron chi connectivity index (χ2n) is 6.43. The number of alkyl halides is 1. The zero-order chi connectivity index (χ0) is 21.9. The molecule has 0 aliphatic rings. The van der Waals surface area contributed by atoms with Crippen molar-refractivity contribution >= 4 is 40.8 Å². The fourth-order valence-corrected chi connectivity index (χ4v) is 2.59. The Labute approximate surface area is 188 Å². The van der Waals surface area contributed by atoms with Crippen LogP contribution in [0.3, 0.4) is 0 Å². The van der Waals surface area contributed by atoms with Gasteiger partial charge in [-0.05, 0) is 46.2 Å². The lowest BCUT2D eigenvalue weighted by molar-refractivity contribution is -0.137. The number of rotatable bonds is 8. The van der Waals surface area contributed by atoms with Crippen LogP contribution < -0.4 is 14.8 Å². The molecule has 0 bridgehead atoms. The van der Waals surface area contributed by atoms with Crippen LogP contribution in [0.1, 0.15) is 19.4 Å². The average Bonchev–Trinajstić information content (AvgIpc) is 2.71. The summed E-state index contributed by atoms with van der Waals surface area (Å²) in [5.74, 6) is -0.607. The minimum Gasteiger partial charge on any atom is -0.445 e. The molecule has 160 valence electrons. The van der Waals surface area contributed by atoms with Crippen molar-refractivity contribution in [2.24, 2.45) is 5.92 Å². The van der Waals surface area contributed by atoms with Crippen molar-refractivity contribution in [2.75, 3.05) is 4.61 Å². The highest BCUT2D eigenvalue weighted by Gasteiger charge is 2.27. The summed E-state index contributed by atoms with van der Waals surface area (Å²) in [6.45, 7) is 3.62. The van der Waals surface area contributed by atoms with Crippen molar-refractivity contribution in [2.45, 2.75) is 26.5 Å². The summed E-state index contributed by atoms with van der Waals surface area (Å²) >= 11 is 1.86. The Hall–Kier alpha value is -2.82. The quantitative estimate of drug-likeness (QED) is 0.178. The maximum Gasteiger partial charge on any atom is 0.514 e. The molecule has 0 spiro atoms. The monoisotopic (exact) mass is 527 g/mol. The Morgan fingerprint density at radius 3 is 2.23 bits per heavy atom. The predicted octanol–water partition coefficient (Wildman–Crippen LogP) is 4.45. The van der Waals surface area contributed by atoms with Crippen LogP contribution >= 0.6 is 22.6 Å². The molecular formula is C21H22INO7. The van der Waals surface area contributed by atoms with Gasteiger partial charge in [0.2, 0.25) is 0 Å². The number of ether oxygens (including phenoxy) is 4. The van der Waals surface area contributed by atoms with E-state index in [2.05, 4.69) is 5.32 Å². The molecule has 2 aromatic rings. The molecule has 0 heterocycles. The molecule has 1 unspecified atom stereocenters. The first-order chi connectivity index (χ1) is 14.4. The molecular weight excluding hydrogens is 505 g/mol. The highest BCUT2D eigenvalue weighted by Crippen LogP contribution is 2.21. The zero-order valence-electron chi connectivity index (χ0n) is 16.5. The van der Waals surface area contributed by atoms with Crippen molar-refractivity contribution in [1.82, 2.24) is 5.32 Å². The fourth-order valence-electron chi connectivity index (χ4n) is 2.34. The Balaban J connectivity index is 1.95. The topological polar surface area (TPSA) is 100 Å². The number of esters is 1. The van der Waals surface area contributed by atoms with Gasteiger partial charge in [0.05, 0.1) is 0 Å². The number of halogens is 1. The fraction of sp³-hybridized carbons (Fsp3) is 0.286. The molecule has 0 fully saturated rings. The summed E-state index contributed by atoms with van der Waals surface area (Å²) in [6.07, 6.45) is -1.59. The Morgan fingerprint density at radius 1 is 0.933 bits per heavy atom. The molecule has 30 heavy (non-hydrogen) atoms. The molecule has 0 aliphatic heterocycles. The van der Waals surface area contributed by atoms with E-state index in [1.165, 1.54) is 18.2 Å². The number of amides is 1. The lowest BCUT2D eigenvalue weighted by atomic mass is 10.1. The van der Waals surface area contributed by atoms with E-state index >= 15 is 0 Å². The molecule has 1 N–H and O–H groups in total. The molecule has 2 aromatic carbocycles. The number of carbonyl (C=O) groups excluding carboxylic acids is 3. The summed E-state index contributed by atoms with van der Waals surface area (Å²) in [7, 11) is 0. The number of hydrogen-bond donors (Lipinski definition) is 1. The van der Waals surface area contributed by atoms with Crippen LogP contribution in [0.2, 0.25) is 0 Å². The summed E-state index contributed by atoms with van der Waals surface area (Å²) in [6, 6.07) is 14.2. The number of benzene rings is 2. The lowest BCUT2D eigenvalue weighted by Crippen LogP contribution is -2.46. The van der Waals surface area contributed by atoms with E-state index in [0.29, 0.717) is 0 Å². The van der Waals surface area contributed by atoms with E-state index in [1.54, 1.807) is 19.9 Å². The van der Waals surface area contributed by atoms with Gasteiger partial charge in [-0.25, -0.2) is 14.4 Å². The van der Waals surface area contributed by atoms with E-state index in [4.69, 9.17) is 18.9 Å². The Morgan fingerprint density at radius 2 is 1.60 bits per heavy atom. The van der Waals surface area contributed by atoms with Crippen LogP contribution in [0, 0.1) is 5.92 Å². The normalized spacial score (nSPS) is 11.3. The Kier molecular flexibility index (Phi) is 9.39. The third kappa shape index (κ3) is 7.90. The van der Waals surface area contributed by atoms with Crippen molar-refractivity contribution in [1.29, 1.82) is 0 Å². The molecule has 0 saturated carbocycles. The largest absolute Gasteiger partial charge is 0.514 e. The molecule has 8 nitrogen and oxygen atoms in total. The number of alkyl carbamates (subject to hydrolysis) is 1. The van der Waals surface area contributed by atoms with Gasteiger partial charge >= 0.3 is 18.2 Å². The van der Waals surface area contributed by atoms with Crippen molar-refractivity contribution in [3.05, 3.63) is 60.2 Å². The van der Waals surface area contributed by atoms with Crippen LogP contribution in [0.5, 0.6) is 11.5 Å². The Bertz CT molecular complexity index is 857. The van der Waals surface area contributed by atoms with Crippen LogP contribution in [0.15, 0.2) is 54.6 Å². The third-order valence-electron chi connectivity index (χ3n) is 3.80. The van der Waals surface area contributed by atoms with E-state index in [-0.39, 0.29) is 28.6 Å². The average molecular weight is 527 g/mol. The second-order valence-corrected chi connectivity index (χ2v) is 7.05. The summed E-state index contributed by atoms with van der Waals surface area (Å²) in [5.41, 5.74) is 0.828. The molecule has 1 amide bonds. The smallest absolute Gasteiger partial charge is 0.445 e. The van der Waals surface area contributed by atoms with Crippen LogP contribution in [-0.4, -0.2) is 28.9 Å². The van der Waals surface area contributed by atoms with Gasteiger partial charge in [-0.1, -0.05) is 50.2 Å². The van der Waals surface area contributed by atoms with Crippen LogP contribution in [0.4, 0.5) is 9.59 Å². The first-order valence-electron chi connectivity index (χ1n) is 9.08. The van der Waals surface area contributed by atoms with Gasteiger partial charge in [-0.15, -0.1) is 0 Å². The minimum absolute atomic E-state index is 0.0826. The van der Waals surface area contributed by atoms with E-state index < -0.39 is 24.3 Å². The molecule has 2 rings (SSSR count). The van der Waals surface area contributed by atoms with Gasteiger partial charge in [0, 0.05) is 6.07 Å². The molecule has 0 radical (unpaired) electrons. The minimum atomic E-state index is -0.929. The van der Waals surface area contributed by atoms with Crippen LogP contribution in [-0.2, 0) is 20.9 Å². The molecule has 0 saturated heterocycles. The summed E-state index contributed by atoms with van der Waals surface area (Å²) in [4.78, 5) is 36.1. The van der Waals surface area contributed by atoms with Gasteiger partial charge in [0.1, 0.15) is 28.8 Å². The highest BCUT2D eigenvalue weighted by atomic mass is 127. The van der Waals surface area contributed by atoms with Crippen molar-refractivity contribution in [3.63, 3.8) is 0 Å². The van der Waals surface area contributed by atoms with Gasteiger partial charge in [-0.2, -0.15) is 0 Å². The molecule has 0 aliphatic carbocycles. The molecule has 0 aromatic heterocycles. The van der Waals surface area contributed by atoms with E-state index in [0.717, 1.165) is 5.56 Å². The number of carbonyl (C=O) groups is 3. The van der Waals surface area contributed by atoms with Gasteiger partial charge in [-0.3, -0.25) is 0 Å². The predicted molar refractivity (Wildman–Crippen MR) is 116 cm³/mol. The van der Waals surface area contributed by atoms with E-state index in [9.17, 15) is 14.4 Å². The maximum atomic E-state index is 12.6. The van der Waals surface area contributed by atoms with Crippen molar-refractivity contribution < 1.29 is 33.3 Å². The van der Waals surface area contributed by atoms with E-state index in [1.807, 2.05) is 52.9 Å². The first-order valence-corrected chi connectivity index (χ1v) is 10.6. The molecule has 9 heteroatoms. The number of nitrogens with one attached hydrogen (secondary N) is 1. The highest BCUT2D eigenvalue weighted by molar-refractivity contribution is 14.1.